The molecule has 104 valence electrons. The van der Waals surface area contributed by atoms with Gasteiger partial charge in [0, 0.05) is 16.6 Å². The van der Waals surface area contributed by atoms with Gasteiger partial charge in [-0.2, -0.15) is 0 Å². The van der Waals surface area contributed by atoms with Crippen LogP contribution in [0, 0.1) is 10.1 Å². The number of benzene rings is 2. The Morgan fingerprint density at radius 3 is 2.10 bits per heavy atom. The van der Waals surface area contributed by atoms with E-state index in [-0.39, 0.29) is 5.69 Å². The SMILES string of the molecule is Nc1cc(CCc2ccc(S)c([N+](=O)[O-])c2)ccc1S. The normalized spacial score (nSPS) is 10.5. The van der Waals surface area contributed by atoms with E-state index in [9.17, 15) is 10.1 Å². The van der Waals surface area contributed by atoms with E-state index >= 15 is 0 Å². The van der Waals surface area contributed by atoms with E-state index in [4.69, 9.17) is 5.73 Å². The van der Waals surface area contributed by atoms with Crippen molar-refractivity contribution in [3.8, 4) is 0 Å². The molecule has 2 aromatic rings. The number of nitrogens with two attached hydrogens (primary N) is 1. The Bertz CT molecular complexity index is 660. The predicted octanol–water partition coefficient (Wildman–Crippen LogP) is 3.54. The number of rotatable bonds is 4. The Kier molecular flexibility index (Phi) is 4.57. The highest BCUT2D eigenvalue weighted by molar-refractivity contribution is 7.80. The van der Waals surface area contributed by atoms with Crippen LogP contribution >= 0.6 is 25.3 Å². The van der Waals surface area contributed by atoms with Gasteiger partial charge in [-0.15, -0.1) is 25.3 Å². The summed E-state index contributed by atoms with van der Waals surface area (Å²) in [6, 6.07) is 10.8. The van der Waals surface area contributed by atoms with Gasteiger partial charge in [0.1, 0.15) is 0 Å². The van der Waals surface area contributed by atoms with E-state index in [1.807, 2.05) is 24.3 Å². The molecule has 0 amide bonds. The summed E-state index contributed by atoms with van der Waals surface area (Å²) < 4.78 is 0. The zero-order valence-corrected chi connectivity index (χ0v) is 12.4. The van der Waals surface area contributed by atoms with Crippen molar-refractivity contribution in [1.82, 2.24) is 0 Å². The zero-order valence-electron chi connectivity index (χ0n) is 10.6. The molecule has 0 spiro atoms. The molecule has 0 aromatic heterocycles. The third kappa shape index (κ3) is 3.46. The number of thiol groups is 2. The minimum absolute atomic E-state index is 0.0380. The zero-order chi connectivity index (χ0) is 14.7. The van der Waals surface area contributed by atoms with Crippen molar-refractivity contribution in [2.24, 2.45) is 0 Å². The maximum Gasteiger partial charge on any atom is 0.282 e. The molecule has 0 bridgehead atoms. The number of aryl methyl sites for hydroxylation is 2. The molecular formula is C14H14N2O2S2. The maximum absolute atomic E-state index is 10.9. The van der Waals surface area contributed by atoms with E-state index in [2.05, 4.69) is 25.3 Å². The van der Waals surface area contributed by atoms with Gasteiger partial charge in [-0.05, 0) is 42.2 Å². The van der Waals surface area contributed by atoms with Crippen LogP contribution in [-0.4, -0.2) is 4.92 Å². The van der Waals surface area contributed by atoms with Crippen molar-refractivity contribution in [3.63, 3.8) is 0 Å². The summed E-state index contributed by atoms with van der Waals surface area (Å²) in [5.74, 6) is 0. The van der Waals surface area contributed by atoms with E-state index in [1.165, 1.54) is 0 Å². The predicted molar refractivity (Wildman–Crippen MR) is 85.9 cm³/mol. The quantitative estimate of drug-likeness (QED) is 0.350. The molecule has 0 saturated heterocycles. The van der Waals surface area contributed by atoms with Gasteiger partial charge in [0.25, 0.3) is 5.69 Å². The molecule has 0 radical (unpaired) electrons. The topological polar surface area (TPSA) is 69.2 Å². The Balaban J connectivity index is 2.12. The molecule has 0 heterocycles. The first kappa shape index (κ1) is 14.7. The molecule has 2 rings (SSSR count). The highest BCUT2D eigenvalue weighted by atomic mass is 32.1. The van der Waals surface area contributed by atoms with Gasteiger partial charge >= 0.3 is 0 Å². The van der Waals surface area contributed by atoms with Crippen molar-refractivity contribution in [2.45, 2.75) is 22.6 Å². The van der Waals surface area contributed by atoms with Crippen molar-refractivity contribution in [2.75, 3.05) is 5.73 Å². The number of nitro groups is 1. The molecule has 20 heavy (non-hydrogen) atoms. The second kappa shape index (κ2) is 6.19. The van der Waals surface area contributed by atoms with E-state index in [0.29, 0.717) is 17.0 Å². The highest BCUT2D eigenvalue weighted by Gasteiger charge is 2.11. The number of hydrogen-bond donors (Lipinski definition) is 3. The van der Waals surface area contributed by atoms with Gasteiger partial charge in [-0.3, -0.25) is 10.1 Å². The third-order valence-electron chi connectivity index (χ3n) is 3.03. The second-order valence-electron chi connectivity index (χ2n) is 4.47. The van der Waals surface area contributed by atoms with Crippen LogP contribution < -0.4 is 5.73 Å². The molecule has 2 aromatic carbocycles. The van der Waals surface area contributed by atoms with Crippen molar-refractivity contribution < 1.29 is 4.92 Å². The number of anilines is 1. The Morgan fingerprint density at radius 2 is 1.55 bits per heavy atom. The summed E-state index contributed by atoms with van der Waals surface area (Å²) in [5.41, 5.74) is 8.46. The summed E-state index contributed by atoms with van der Waals surface area (Å²) >= 11 is 8.30. The first-order valence-electron chi connectivity index (χ1n) is 6.01. The second-order valence-corrected chi connectivity index (χ2v) is 5.44. The summed E-state index contributed by atoms with van der Waals surface area (Å²) in [7, 11) is 0. The van der Waals surface area contributed by atoms with Crippen LogP contribution in [0.2, 0.25) is 0 Å². The average Bonchev–Trinajstić information content (AvgIpc) is 2.41. The van der Waals surface area contributed by atoms with Crippen molar-refractivity contribution in [3.05, 3.63) is 57.6 Å². The Labute approximate surface area is 128 Å². The fourth-order valence-corrected chi connectivity index (χ4v) is 2.28. The lowest BCUT2D eigenvalue weighted by molar-refractivity contribution is -0.387. The first-order valence-corrected chi connectivity index (χ1v) is 6.90. The van der Waals surface area contributed by atoms with Gasteiger partial charge in [0.15, 0.2) is 0 Å². The fraction of sp³-hybridized carbons (Fsp3) is 0.143. The summed E-state index contributed by atoms with van der Waals surface area (Å²) in [6.07, 6.45) is 1.47. The number of nitrogens with zero attached hydrogens (tertiary/aromatic N) is 1. The molecule has 4 nitrogen and oxygen atoms in total. The molecule has 0 aliphatic rings. The number of hydrogen-bond acceptors (Lipinski definition) is 5. The maximum atomic E-state index is 10.9. The van der Waals surface area contributed by atoms with Gasteiger partial charge in [-0.25, -0.2) is 0 Å². The van der Waals surface area contributed by atoms with Gasteiger partial charge in [0.2, 0.25) is 0 Å². The van der Waals surface area contributed by atoms with Crippen LogP contribution in [0.3, 0.4) is 0 Å². The van der Waals surface area contributed by atoms with E-state index in [1.54, 1.807) is 12.1 Å². The van der Waals surface area contributed by atoms with Crippen molar-refractivity contribution >= 4 is 36.6 Å². The fourth-order valence-electron chi connectivity index (χ4n) is 1.92. The lowest BCUT2D eigenvalue weighted by atomic mass is 10.0. The average molecular weight is 306 g/mol. The lowest BCUT2D eigenvalue weighted by Crippen LogP contribution is -1.96. The van der Waals surface area contributed by atoms with Crippen LogP contribution in [-0.2, 0) is 12.8 Å². The molecular weight excluding hydrogens is 292 g/mol. The van der Waals surface area contributed by atoms with E-state index in [0.717, 1.165) is 22.4 Å². The molecule has 0 unspecified atom stereocenters. The molecule has 2 N–H and O–H groups in total. The van der Waals surface area contributed by atoms with Crippen LogP contribution in [0.15, 0.2) is 46.2 Å². The molecule has 0 aliphatic heterocycles. The minimum Gasteiger partial charge on any atom is -0.398 e. The van der Waals surface area contributed by atoms with Gasteiger partial charge in [-0.1, -0.05) is 12.1 Å². The molecule has 0 atom stereocenters. The standard InChI is InChI=1S/C14H14N2O2S2/c15-11-7-9(3-5-13(11)19)1-2-10-4-6-14(20)12(8-10)16(17)18/h3-8,19-20H,1-2,15H2. The highest BCUT2D eigenvalue weighted by Crippen LogP contribution is 2.24. The summed E-state index contributed by atoms with van der Waals surface area (Å²) in [4.78, 5) is 11.6. The van der Waals surface area contributed by atoms with Gasteiger partial charge < -0.3 is 5.73 Å². The van der Waals surface area contributed by atoms with Crippen LogP contribution in [0.25, 0.3) is 0 Å². The number of nitro benzene ring substituents is 1. The van der Waals surface area contributed by atoms with Crippen molar-refractivity contribution in [1.29, 1.82) is 0 Å². The largest absolute Gasteiger partial charge is 0.398 e. The smallest absolute Gasteiger partial charge is 0.282 e. The number of nitrogen functional groups attached to an aromatic ring is 1. The first-order chi connectivity index (χ1) is 9.47. The van der Waals surface area contributed by atoms with E-state index < -0.39 is 4.92 Å². The minimum atomic E-state index is -0.417. The Hall–Kier alpha value is -1.66. The van der Waals surface area contributed by atoms with Crippen LogP contribution in [0.5, 0.6) is 0 Å². The third-order valence-corrected chi connectivity index (χ3v) is 3.82. The van der Waals surface area contributed by atoms with Crippen LogP contribution in [0.1, 0.15) is 11.1 Å². The monoisotopic (exact) mass is 306 g/mol. The molecule has 6 heteroatoms. The summed E-state index contributed by atoms with van der Waals surface area (Å²) in [6.45, 7) is 0. The Morgan fingerprint density at radius 1 is 1.00 bits per heavy atom. The summed E-state index contributed by atoms with van der Waals surface area (Å²) in [5, 5.41) is 10.9. The molecule has 0 aliphatic carbocycles. The van der Waals surface area contributed by atoms with Gasteiger partial charge in [0.05, 0.1) is 9.82 Å². The molecule has 0 fully saturated rings. The molecule has 0 saturated carbocycles. The lowest BCUT2D eigenvalue weighted by Gasteiger charge is -2.06. The van der Waals surface area contributed by atoms with Crippen LogP contribution in [0.4, 0.5) is 11.4 Å².